The van der Waals surface area contributed by atoms with E-state index in [4.69, 9.17) is 9.47 Å². The molecule has 1 unspecified atom stereocenters. The molecule has 6 nitrogen and oxygen atoms in total. The summed E-state index contributed by atoms with van der Waals surface area (Å²) >= 11 is 3.55. The number of ketones is 2. The Bertz CT molecular complexity index is 1330. The molecule has 1 atom stereocenters. The molecule has 1 saturated heterocycles. The fourth-order valence-corrected chi connectivity index (χ4v) is 6.26. The van der Waals surface area contributed by atoms with Crippen LogP contribution in [0.3, 0.4) is 0 Å². The van der Waals surface area contributed by atoms with Gasteiger partial charge in [0.05, 0.1) is 6.04 Å². The Balaban J connectivity index is 1.32. The van der Waals surface area contributed by atoms with Crippen LogP contribution in [0.2, 0.25) is 0 Å². The molecule has 2 aliphatic heterocycles. The quantitative estimate of drug-likeness (QED) is 0.405. The van der Waals surface area contributed by atoms with E-state index in [9.17, 15) is 9.59 Å². The van der Waals surface area contributed by atoms with Gasteiger partial charge in [-0.15, -0.1) is 0 Å². The summed E-state index contributed by atoms with van der Waals surface area (Å²) in [4.78, 5) is 32.6. The third kappa shape index (κ3) is 4.11. The van der Waals surface area contributed by atoms with Gasteiger partial charge >= 0.3 is 0 Å². The molecule has 0 N–H and O–H groups in total. The van der Waals surface area contributed by atoms with Gasteiger partial charge in [0.2, 0.25) is 6.79 Å². The summed E-state index contributed by atoms with van der Waals surface area (Å²) < 4.78 is 12.1. The van der Waals surface area contributed by atoms with E-state index in [-0.39, 0.29) is 24.4 Å². The molecule has 1 aliphatic carbocycles. The van der Waals surface area contributed by atoms with Gasteiger partial charge in [-0.2, -0.15) is 0 Å². The summed E-state index contributed by atoms with van der Waals surface area (Å²) in [7, 11) is 0. The van der Waals surface area contributed by atoms with Gasteiger partial charge in [-0.25, -0.2) is 0 Å². The Kier molecular flexibility index (Phi) is 6.44. The first kappa shape index (κ1) is 24.1. The smallest absolute Gasteiger partial charge is 0.229 e. The van der Waals surface area contributed by atoms with E-state index in [1.807, 2.05) is 54.6 Å². The molecule has 2 heterocycles. The van der Waals surface area contributed by atoms with Crippen molar-refractivity contribution >= 4 is 27.5 Å². The van der Waals surface area contributed by atoms with E-state index in [0.29, 0.717) is 42.9 Å². The second-order valence-corrected chi connectivity index (χ2v) is 10.5. The van der Waals surface area contributed by atoms with E-state index in [0.717, 1.165) is 16.7 Å². The molecule has 3 aliphatic rings. The van der Waals surface area contributed by atoms with Crippen LogP contribution in [0, 0.1) is 0 Å². The fraction of sp³-hybridized carbons (Fsp3) is 0.267. The normalized spacial score (nSPS) is 20.2. The Morgan fingerprint density at radius 3 is 2.14 bits per heavy atom. The maximum Gasteiger partial charge on any atom is 0.229 e. The molecule has 0 spiro atoms. The highest BCUT2D eigenvalue weighted by atomic mass is 79.9. The minimum absolute atomic E-state index is 0.0149. The minimum Gasteiger partial charge on any atom is -0.462 e. The van der Waals surface area contributed by atoms with Gasteiger partial charge in [-0.1, -0.05) is 82.7 Å². The van der Waals surface area contributed by atoms with Crippen molar-refractivity contribution in [1.29, 1.82) is 0 Å². The zero-order valence-corrected chi connectivity index (χ0v) is 21.9. The lowest BCUT2D eigenvalue weighted by Gasteiger charge is -2.45. The highest BCUT2D eigenvalue weighted by Gasteiger charge is 2.58. The zero-order valence-electron chi connectivity index (χ0n) is 20.3. The molecule has 0 aromatic heterocycles. The van der Waals surface area contributed by atoms with Crippen LogP contribution in [0.25, 0.3) is 0 Å². The number of benzene rings is 3. The van der Waals surface area contributed by atoms with Crippen molar-refractivity contribution in [2.75, 3.05) is 33.0 Å². The zero-order chi connectivity index (χ0) is 25.4. The topological polar surface area (TPSA) is 59.1 Å². The molecule has 0 radical (unpaired) electrons. The largest absolute Gasteiger partial charge is 0.462 e. The number of carbonyl (C=O) groups is 2. The van der Waals surface area contributed by atoms with Crippen LogP contribution in [0.4, 0.5) is 0 Å². The fourth-order valence-electron chi connectivity index (χ4n) is 5.86. The van der Waals surface area contributed by atoms with E-state index in [2.05, 4.69) is 37.9 Å². The molecule has 0 saturated carbocycles. The van der Waals surface area contributed by atoms with E-state index >= 15 is 0 Å². The Morgan fingerprint density at radius 2 is 1.51 bits per heavy atom. The third-order valence-electron chi connectivity index (χ3n) is 7.64. The van der Waals surface area contributed by atoms with Gasteiger partial charge < -0.3 is 9.47 Å². The first-order chi connectivity index (χ1) is 18.1. The molecule has 6 rings (SSSR count). The molecule has 7 heteroatoms. The predicted octanol–water partition coefficient (Wildman–Crippen LogP) is 4.80. The van der Waals surface area contributed by atoms with Crippen molar-refractivity contribution < 1.29 is 19.1 Å². The molecule has 3 aromatic rings. The Morgan fingerprint density at radius 1 is 0.838 bits per heavy atom. The van der Waals surface area contributed by atoms with Crippen LogP contribution in [0.5, 0.6) is 0 Å². The van der Waals surface area contributed by atoms with Crippen molar-refractivity contribution in [2.45, 2.75) is 18.0 Å². The molecule has 0 bridgehead atoms. The molecule has 188 valence electrons. The number of ether oxygens (including phenoxy) is 2. The average Bonchev–Trinajstić information content (AvgIpc) is 3.55. The maximum atomic E-state index is 14.1. The highest BCUT2D eigenvalue weighted by molar-refractivity contribution is 9.10. The van der Waals surface area contributed by atoms with Crippen molar-refractivity contribution in [1.82, 2.24) is 9.80 Å². The summed E-state index contributed by atoms with van der Waals surface area (Å²) in [6, 6.07) is 25.1. The predicted molar refractivity (Wildman–Crippen MR) is 143 cm³/mol. The Hall–Kier alpha value is -3.26. The van der Waals surface area contributed by atoms with Crippen LogP contribution in [-0.4, -0.2) is 60.4 Å². The van der Waals surface area contributed by atoms with Crippen molar-refractivity contribution in [3.63, 3.8) is 0 Å². The Labute approximate surface area is 224 Å². The third-order valence-corrected chi connectivity index (χ3v) is 8.13. The van der Waals surface area contributed by atoms with Crippen LogP contribution in [0.15, 0.2) is 95.4 Å². The second-order valence-electron chi connectivity index (χ2n) is 9.60. The van der Waals surface area contributed by atoms with E-state index in [1.54, 1.807) is 18.4 Å². The summed E-state index contributed by atoms with van der Waals surface area (Å²) in [6.07, 6.45) is 2.50. The van der Waals surface area contributed by atoms with Crippen LogP contribution >= 0.6 is 15.9 Å². The number of hydrogen-bond acceptors (Lipinski definition) is 6. The first-order valence-corrected chi connectivity index (χ1v) is 13.3. The SMILES string of the molecule is O=C1c2ccccc2C(=O)C1(c1cccc(Br)c1)N1CCN(C(Cc2ccccc2)C2=COCO2)CC1. The number of rotatable bonds is 6. The number of piperazine rings is 1. The molecule has 37 heavy (non-hydrogen) atoms. The van der Waals surface area contributed by atoms with Crippen LogP contribution in [-0.2, 0) is 21.4 Å². The number of nitrogens with zero attached hydrogens (tertiary/aromatic N) is 2. The van der Waals surface area contributed by atoms with Crippen molar-refractivity contribution in [2.24, 2.45) is 0 Å². The maximum absolute atomic E-state index is 14.1. The van der Waals surface area contributed by atoms with Gasteiger partial charge in [0.15, 0.2) is 22.9 Å². The molecule has 3 aromatic carbocycles. The highest BCUT2D eigenvalue weighted by Crippen LogP contribution is 2.43. The standard InChI is InChI=1S/C30H27BrN2O4/c31-23-10-6-9-22(18-23)30(28(34)24-11-4-5-12-25(24)29(30)35)33-15-13-32(14-16-33)26(27-19-36-20-37-27)17-21-7-2-1-3-8-21/h1-12,18-19,26H,13-17,20H2. The molecule has 0 amide bonds. The number of fused-ring (bicyclic) bond motifs is 1. The average molecular weight is 559 g/mol. The number of halogens is 1. The van der Waals surface area contributed by atoms with Crippen molar-refractivity contribution in [3.05, 3.63) is 118 Å². The van der Waals surface area contributed by atoms with Crippen LogP contribution in [0.1, 0.15) is 31.8 Å². The summed E-state index contributed by atoms with van der Waals surface area (Å²) in [5.74, 6) is 0.533. The minimum atomic E-state index is -1.36. The lowest BCUT2D eigenvalue weighted by Crippen LogP contribution is -2.61. The summed E-state index contributed by atoms with van der Waals surface area (Å²) in [5.41, 5.74) is 1.56. The van der Waals surface area contributed by atoms with Gasteiger partial charge in [0.1, 0.15) is 6.26 Å². The number of carbonyl (C=O) groups excluding carboxylic acids is 2. The molecule has 1 fully saturated rings. The monoisotopic (exact) mass is 558 g/mol. The summed E-state index contributed by atoms with van der Waals surface area (Å²) in [5, 5.41) is 0. The number of hydrogen-bond donors (Lipinski definition) is 0. The van der Waals surface area contributed by atoms with Gasteiger partial charge in [-0.3, -0.25) is 19.4 Å². The van der Waals surface area contributed by atoms with Gasteiger partial charge in [0.25, 0.3) is 0 Å². The van der Waals surface area contributed by atoms with Gasteiger partial charge in [-0.05, 0) is 29.7 Å². The van der Waals surface area contributed by atoms with Crippen LogP contribution < -0.4 is 0 Å². The summed E-state index contributed by atoms with van der Waals surface area (Å²) in [6.45, 7) is 2.73. The van der Waals surface area contributed by atoms with Gasteiger partial charge in [0, 0.05) is 41.8 Å². The van der Waals surface area contributed by atoms with Crippen molar-refractivity contribution in [3.8, 4) is 0 Å². The van der Waals surface area contributed by atoms with E-state index in [1.165, 1.54) is 5.56 Å². The van der Waals surface area contributed by atoms with E-state index < -0.39 is 5.54 Å². The molecular weight excluding hydrogens is 532 g/mol. The number of Topliss-reactive ketones (excluding diaryl/α,β-unsaturated/α-hetero) is 2. The molecular formula is C30H27BrN2O4. The second kappa shape index (κ2) is 9.89. The first-order valence-electron chi connectivity index (χ1n) is 12.5. The lowest BCUT2D eigenvalue weighted by atomic mass is 9.82. The lowest BCUT2D eigenvalue weighted by molar-refractivity contribution is 0.0137.